The largest absolute Gasteiger partial charge is 0.379 e. The van der Waals surface area contributed by atoms with E-state index in [9.17, 15) is 41.5 Å². The van der Waals surface area contributed by atoms with E-state index < -0.39 is 92.2 Å². The van der Waals surface area contributed by atoms with Crippen LogP contribution in [0.2, 0.25) is 0 Å². The Labute approximate surface area is 272 Å². The maximum atomic E-state index is 13.6. The summed E-state index contributed by atoms with van der Waals surface area (Å²) in [4.78, 5) is 67.8. The average Bonchev–Trinajstić information content (AvgIpc) is 3.74. The van der Waals surface area contributed by atoms with E-state index in [1.807, 2.05) is 18.7 Å². The van der Waals surface area contributed by atoms with Gasteiger partial charge in [0.05, 0.1) is 63.5 Å². The number of carbonyl (C=O) groups excluding carboxylic acids is 5. The maximum absolute atomic E-state index is 13.6. The molecule has 2 fully saturated rings. The lowest BCUT2D eigenvalue weighted by molar-refractivity contribution is -0.153. The van der Waals surface area contributed by atoms with Gasteiger partial charge >= 0.3 is 13.2 Å². The molecule has 0 radical (unpaired) electrons. The third kappa shape index (κ3) is 15.1. The number of alkyl halides is 4. The second kappa shape index (κ2) is 19.5. The summed E-state index contributed by atoms with van der Waals surface area (Å²) in [6.45, 7) is 2.63. The monoisotopic (exact) mass is 683 g/mol. The minimum atomic E-state index is -3.25. The van der Waals surface area contributed by atoms with Crippen molar-refractivity contribution in [3.05, 3.63) is 0 Å². The molecule has 0 bridgehead atoms. The number of epoxide rings is 1. The second-order valence-electron chi connectivity index (χ2n) is 13.1. The summed E-state index contributed by atoms with van der Waals surface area (Å²) in [6.07, 6.45) is -0.776. The first-order valence-electron chi connectivity index (χ1n) is 15.9. The van der Waals surface area contributed by atoms with E-state index in [2.05, 4.69) is 20.1 Å². The third-order valence-corrected chi connectivity index (χ3v) is 7.86. The molecule has 0 aromatic carbocycles. The quantitative estimate of drug-likeness (QED) is 0.121. The molecule has 0 aromatic heterocycles. The molecule has 12 nitrogen and oxygen atoms in total. The van der Waals surface area contributed by atoms with E-state index in [4.69, 9.17) is 9.47 Å². The van der Waals surface area contributed by atoms with Crippen molar-refractivity contribution in [3.8, 4) is 0 Å². The van der Waals surface area contributed by atoms with E-state index in [0.29, 0.717) is 26.3 Å². The fourth-order valence-electron chi connectivity index (χ4n) is 5.21. The third-order valence-electron chi connectivity index (χ3n) is 7.86. The number of nitrogens with zero attached hydrogens (tertiary/aromatic N) is 1. The van der Waals surface area contributed by atoms with Gasteiger partial charge in [0.1, 0.15) is 11.4 Å². The normalized spacial score (nSPS) is 21.0. The van der Waals surface area contributed by atoms with Crippen molar-refractivity contribution in [1.82, 2.24) is 15.5 Å². The first kappa shape index (κ1) is 40.6. The number of morpholine rings is 1. The lowest BCUT2D eigenvalue weighted by Crippen LogP contribution is -2.50. The second-order valence-corrected chi connectivity index (χ2v) is 13.1. The Morgan fingerprint density at radius 3 is 1.72 bits per heavy atom. The van der Waals surface area contributed by atoms with Crippen LogP contribution in [0.1, 0.15) is 60.3 Å². The van der Waals surface area contributed by atoms with E-state index >= 15 is 0 Å². The standard InChI is InChI=1S/C31H49F4N3O9/c1-18(2)10-23(36-27(42)20(15-45-29(32)33)12-22(39)14-38-6-8-44-9-7-38)25(40)13-21(16-46-30(34)35)28(43)37-24(11-19(3)4)26(41)31(5)17-47-31/h18-21,23-24,29-30H,6-17H2,1-5H3,(H,36,42)(H,37,43)/t20-,21-,23-,24-,31?/m0/s1. The molecule has 5 atom stereocenters. The van der Waals surface area contributed by atoms with E-state index in [1.54, 1.807) is 20.8 Å². The van der Waals surface area contributed by atoms with E-state index in [-0.39, 0.29) is 43.6 Å². The highest BCUT2D eigenvalue weighted by Crippen LogP contribution is 2.30. The first-order chi connectivity index (χ1) is 22.0. The maximum Gasteiger partial charge on any atom is 0.345 e. The Bertz CT molecular complexity index is 1050. The van der Waals surface area contributed by atoms with Crippen LogP contribution in [0.3, 0.4) is 0 Å². The van der Waals surface area contributed by atoms with Gasteiger partial charge in [-0.1, -0.05) is 27.7 Å². The number of rotatable bonds is 23. The molecular weight excluding hydrogens is 634 g/mol. The lowest BCUT2D eigenvalue weighted by atomic mass is 9.90. The van der Waals surface area contributed by atoms with Crippen molar-refractivity contribution in [1.29, 1.82) is 0 Å². The van der Waals surface area contributed by atoms with Crippen LogP contribution in [0.4, 0.5) is 17.6 Å². The number of nitrogens with one attached hydrogen (secondary N) is 2. The summed E-state index contributed by atoms with van der Waals surface area (Å²) >= 11 is 0. The Hall–Kier alpha value is -2.53. The van der Waals surface area contributed by atoms with E-state index in [1.165, 1.54) is 0 Å². The highest BCUT2D eigenvalue weighted by atomic mass is 19.3. The van der Waals surface area contributed by atoms with Crippen LogP contribution < -0.4 is 10.6 Å². The number of ether oxygens (including phenoxy) is 4. The lowest BCUT2D eigenvalue weighted by Gasteiger charge is -2.27. The summed E-state index contributed by atoms with van der Waals surface area (Å²) in [5.41, 5.74) is -1.07. The molecule has 0 aromatic rings. The van der Waals surface area contributed by atoms with Crippen molar-refractivity contribution >= 4 is 29.2 Å². The molecule has 0 spiro atoms. The average molecular weight is 684 g/mol. The zero-order valence-corrected chi connectivity index (χ0v) is 27.7. The molecule has 0 saturated carbocycles. The van der Waals surface area contributed by atoms with Gasteiger partial charge in [-0.05, 0) is 31.6 Å². The highest BCUT2D eigenvalue weighted by molar-refractivity contribution is 5.98. The topological polar surface area (TPSA) is 153 Å². The molecule has 0 aliphatic carbocycles. The zero-order valence-electron chi connectivity index (χ0n) is 27.7. The van der Waals surface area contributed by atoms with Crippen molar-refractivity contribution in [2.45, 2.75) is 91.2 Å². The number of Topliss-reactive ketones (excluding diaryl/α,β-unsaturated/α-hetero) is 3. The Morgan fingerprint density at radius 2 is 1.26 bits per heavy atom. The van der Waals surface area contributed by atoms with Gasteiger partial charge < -0.3 is 29.6 Å². The number of ketones is 3. The fourth-order valence-corrected chi connectivity index (χ4v) is 5.21. The molecule has 47 heavy (non-hydrogen) atoms. The van der Waals surface area contributed by atoms with Gasteiger partial charge in [0.2, 0.25) is 11.8 Å². The van der Waals surface area contributed by atoms with Crippen molar-refractivity contribution in [3.63, 3.8) is 0 Å². The molecule has 2 rings (SSSR count). The van der Waals surface area contributed by atoms with Crippen molar-refractivity contribution < 1.29 is 60.5 Å². The smallest absolute Gasteiger partial charge is 0.345 e. The predicted octanol–water partition coefficient (Wildman–Crippen LogP) is 2.37. The summed E-state index contributed by atoms with van der Waals surface area (Å²) in [5, 5.41) is 5.09. The van der Waals surface area contributed by atoms with Crippen LogP contribution in [0.5, 0.6) is 0 Å². The molecule has 2 aliphatic heterocycles. The predicted molar refractivity (Wildman–Crippen MR) is 160 cm³/mol. The highest BCUT2D eigenvalue weighted by Gasteiger charge is 2.50. The van der Waals surface area contributed by atoms with Crippen LogP contribution in [-0.4, -0.2) is 118 Å². The minimum absolute atomic E-state index is 0.0251. The van der Waals surface area contributed by atoms with Crippen LogP contribution in [-0.2, 0) is 42.9 Å². The number of amides is 2. The van der Waals surface area contributed by atoms with Gasteiger partial charge in [-0.2, -0.15) is 17.6 Å². The first-order valence-corrected chi connectivity index (χ1v) is 15.9. The molecule has 16 heteroatoms. The molecule has 2 N–H and O–H groups in total. The Kier molecular flexibility index (Phi) is 16.8. The van der Waals surface area contributed by atoms with Crippen LogP contribution in [0, 0.1) is 23.7 Å². The summed E-state index contributed by atoms with van der Waals surface area (Å²) < 4.78 is 71.1. The van der Waals surface area contributed by atoms with Crippen LogP contribution in [0.15, 0.2) is 0 Å². The molecule has 1 unspecified atom stereocenters. The van der Waals surface area contributed by atoms with Crippen molar-refractivity contribution in [2.24, 2.45) is 23.7 Å². The molecule has 2 saturated heterocycles. The van der Waals surface area contributed by atoms with Crippen LogP contribution >= 0.6 is 0 Å². The van der Waals surface area contributed by atoms with Gasteiger partial charge in [-0.3, -0.25) is 28.9 Å². The molecule has 2 amide bonds. The van der Waals surface area contributed by atoms with E-state index in [0.717, 1.165) is 0 Å². The summed E-state index contributed by atoms with van der Waals surface area (Å²) in [7, 11) is 0. The van der Waals surface area contributed by atoms with Gasteiger partial charge in [0.15, 0.2) is 11.6 Å². The minimum Gasteiger partial charge on any atom is -0.379 e. The van der Waals surface area contributed by atoms with Crippen molar-refractivity contribution in [2.75, 3.05) is 52.7 Å². The number of hydrogen-bond acceptors (Lipinski definition) is 10. The molecule has 2 aliphatic rings. The zero-order chi connectivity index (χ0) is 35.3. The summed E-state index contributed by atoms with van der Waals surface area (Å²) in [6, 6.07) is -2.25. The number of carbonyl (C=O) groups is 5. The fraction of sp³-hybridized carbons (Fsp3) is 0.839. The molecule has 270 valence electrons. The van der Waals surface area contributed by atoms with Gasteiger partial charge in [0, 0.05) is 25.9 Å². The SMILES string of the molecule is CC(C)C[C@H](NC(=O)[C@H](COC(F)F)CC(=O)CN1CCOCC1)C(=O)C[C@@H](COC(F)F)C(=O)N[C@@H](CC(C)C)C(=O)C1(C)CO1. The molecular formula is C31H49F4N3O9. The van der Waals surface area contributed by atoms with Gasteiger partial charge in [0.25, 0.3) is 0 Å². The number of hydrogen-bond donors (Lipinski definition) is 2. The summed E-state index contributed by atoms with van der Waals surface area (Å²) in [5.74, 6) is -6.25. The number of halogens is 4. The van der Waals surface area contributed by atoms with Crippen LogP contribution in [0.25, 0.3) is 0 Å². The Balaban J connectivity index is 2.19. The van der Waals surface area contributed by atoms with Gasteiger partial charge in [-0.25, -0.2) is 0 Å². The molecule has 2 heterocycles. The van der Waals surface area contributed by atoms with Gasteiger partial charge in [-0.15, -0.1) is 0 Å². The Morgan fingerprint density at radius 1 is 0.787 bits per heavy atom.